The monoisotopic (exact) mass is 271 g/mol. The maximum atomic E-state index is 11.9. The fourth-order valence-electron chi connectivity index (χ4n) is 2.60. The molecule has 0 radical (unpaired) electrons. The second-order valence-electron chi connectivity index (χ2n) is 4.95. The maximum Gasteiger partial charge on any atom is 0.213 e. The lowest BCUT2D eigenvalue weighted by atomic mass is 9.99. The number of piperidine rings is 1. The molecule has 1 saturated heterocycles. The summed E-state index contributed by atoms with van der Waals surface area (Å²) in [6, 6.07) is 0. The molecule has 1 atom stereocenters. The van der Waals surface area contributed by atoms with Crippen LogP contribution in [0.25, 0.3) is 0 Å². The fourth-order valence-corrected chi connectivity index (χ4v) is 3.78. The Balaban J connectivity index is 2.19. The summed E-state index contributed by atoms with van der Waals surface area (Å²) in [5.41, 5.74) is 0.989. The van der Waals surface area contributed by atoms with Crippen LogP contribution in [0, 0.1) is 6.92 Å². The molecule has 18 heavy (non-hydrogen) atoms. The summed E-state index contributed by atoms with van der Waals surface area (Å²) in [7, 11) is -1.10. The molecule has 2 rings (SSSR count). The minimum Gasteiger partial charge on any atom is -0.337 e. The number of nitrogens with zero attached hydrogens (tertiary/aromatic N) is 3. The van der Waals surface area contributed by atoms with E-state index in [0.717, 1.165) is 24.4 Å². The number of rotatable bonds is 3. The molecule has 5 nitrogen and oxygen atoms in total. The standard InChI is InChI=1S/C12H21N3O2S/c1-4-18(16,17)15-7-5-6-11(9-15)12-13-10(2)8-14(12)3/h8,11H,4-7,9H2,1-3H3/t11-/m0/s1. The second kappa shape index (κ2) is 5.01. The average molecular weight is 271 g/mol. The van der Waals surface area contributed by atoms with Gasteiger partial charge in [-0.25, -0.2) is 17.7 Å². The van der Waals surface area contributed by atoms with Crippen LogP contribution in [0.4, 0.5) is 0 Å². The van der Waals surface area contributed by atoms with Crippen LogP contribution >= 0.6 is 0 Å². The number of hydrogen-bond donors (Lipinski definition) is 0. The minimum atomic E-state index is -3.07. The first-order valence-corrected chi connectivity index (χ1v) is 8.02. The molecule has 0 spiro atoms. The van der Waals surface area contributed by atoms with Gasteiger partial charge in [0.2, 0.25) is 10.0 Å². The van der Waals surface area contributed by atoms with Crippen molar-refractivity contribution in [1.82, 2.24) is 13.9 Å². The zero-order valence-corrected chi connectivity index (χ0v) is 12.1. The van der Waals surface area contributed by atoms with E-state index < -0.39 is 10.0 Å². The molecule has 102 valence electrons. The predicted molar refractivity (Wildman–Crippen MR) is 71.0 cm³/mol. The first kappa shape index (κ1) is 13.5. The van der Waals surface area contributed by atoms with Gasteiger partial charge in [0.25, 0.3) is 0 Å². The molecule has 0 saturated carbocycles. The molecule has 0 aromatic carbocycles. The average Bonchev–Trinajstić information content (AvgIpc) is 2.69. The third-order valence-electron chi connectivity index (χ3n) is 3.54. The molecule has 1 fully saturated rings. The van der Waals surface area contributed by atoms with Crippen molar-refractivity contribution in [1.29, 1.82) is 0 Å². The lowest BCUT2D eigenvalue weighted by Crippen LogP contribution is -2.40. The Morgan fingerprint density at radius 3 is 2.78 bits per heavy atom. The zero-order valence-electron chi connectivity index (χ0n) is 11.3. The van der Waals surface area contributed by atoms with Gasteiger partial charge in [0.05, 0.1) is 11.4 Å². The normalized spacial score (nSPS) is 22.3. The van der Waals surface area contributed by atoms with E-state index in [1.165, 1.54) is 0 Å². The summed E-state index contributed by atoms with van der Waals surface area (Å²) < 4.78 is 27.5. The zero-order chi connectivity index (χ0) is 13.3. The number of aryl methyl sites for hydroxylation is 2. The smallest absolute Gasteiger partial charge is 0.213 e. The van der Waals surface area contributed by atoms with Crippen LogP contribution in [-0.2, 0) is 17.1 Å². The summed E-state index contributed by atoms with van der Waals surface area (Å²) in [5, 5.41) is 0. The van der Waals surface area contributed by atoms with E-state index in [1.807, 2.05) is 24.7 Å². The highest BCUT2D eigenvalue weighted by Crippen LogP contribution is 2.27. The van der Waals surface area contributed by atoms with Crippen molar-refractivity contribution >= 4 is 10.0 Å². The molecule has 1 aromatic rings. The van der Waals surface area contributed by atoms with Crippen molar-refractivity contribution in [3.63, 3.8) is 0 Å². The SMILES string of the molecule is CCS(=O)(=O)N1CCC[C@H](c2nc(C)cn2C)C1. The maximum absolute atomic E-state index is 11.9. The highest BCUT2D eigenvalue weighted by atomic mass is 32.2. The van der Waals surface area contributed by atoms with Crippen LogP contribution in [0.5, 0.6) is 0 Å². The highest BCUT2D eigenvalue weighted by molar-refractivity contribution is 7.89. The molecule has 0 N–H and O–H groups in total. The summed E-state index contributed by atoms with van der Waals surface area (Å²) in [6.07, 6.45) is 3.92. The molecule has 2 heterocycles. The Hall–Kier alpha value is -0.880. The van der Waals surface area contributed by atoms with Gasteiger partial charge in [0.15, 0.2) is 0 Å². The molecule has 1 aliphatic rings. The molecule has 1 aromatic heterocycles. The van der Waals surface area contributed by atoms with Crippen LogP contribution in [0.2, 0.25) is 0 Å². The lowest BCUT2D eigenvalue weighted by molar-refractivity contribution is 0.306. The second-order valence-corrected chi connectivity index (χ2v) is 7.21. The van der Waals surface area contributed by atoms with Gasteiger partial charge < -0.3 is 4.57 Å². The van der Waals surface area contributed by atoms with Crippen LogP contribution in [0.3, 0.4) is 0 Å². The van der Waals surface area contributed by atoms with Crippen LogP contribution < -0.4 is 0 Å². The molecule has 0 amide bonds. The van der Waals surface area contributed by atoms with Crippen molar-refractivity contribution < 1.29 is 8.42 Å². The van der Waals surface area contributed by atoms with Gasteiger partial charge in [-0.15, -0.1) is 0 Å². The highest BCUT2D eigenvalue weighted by Gasteiger charge is 2.30. The third-order valence-corrected chi connectivity index (χ3v) is 5.39. The molecule has 0 bridgehead atoms. The number of aromatic nitrogens is 2. The first-order chi connectivity index (χ1) is 8.44. The summed E-state index contributed by atoms with van der Waals surface area (Å²) in [5.74, 6) is 1.40. The minimum absolute atomic E-state index is 0.180. The Labute approximate surface area is 109 Å². The predicted octanol–water partition coefficient (Wildman–Crippen LogP) is 1.26. The topological polar surface area (TPSA) is 55.2 Å². The van der Waals surface area contributed by atoms with Crippen LogP contribution in [0.15, 0.2) is 6.20 Å². The molecule has 1 aliphatic heterocycles. The molecule has 0 unspecified atom stereocenters. The van der Waals surface area contributed by atoms with E-state index >= 15 is 0 Å². The van der Waals surface area contributed by atoms with Crippen LogP contribution in [0.1, 0.15) is 37.2 Å². The lowest BCUT2D eigenvalue weighted by Gasteiger charge is -2.31. The quantitative estimate of drug-likeness (QED) is 0.831. The van der Waals surface area contributed by atoms with Crippen LogP contribution in [-0.4, -0.2) is 41.1 Å². The van der Waals surface area contributed by atoms with Crippen molar-refractivity contribution in [3.8, 4) is 0 Å². The van der Waals surface area contributed by atoms with E-state index in [-0.39, 0.29) is 11.7 Å². The van der Waals surface area contributed by atoms with Gasteiger partial charge in [-0.2, -0.15) is 0 Å². The Morgan fingerprint density at radius 1 is 1.50 bits per heavy atom. The Kier molecular flexibility index (Phi) is 3.77. The Morgan fingerprint density at radius 2 is 2.22 bits per heavy atom. The van der Waals surface area contributed by atoms with Gasteiger partial charge >= 0.3 is 0 Å². The van der Waals surface area contributed by atoms with Crippen molar-refractivity contribution in [2.45, 2.75) is 32.6 Å². The van der Waals surface area contributed by atoms with Gasteiger partial charge in [-0.1, -0.05) is 0 Å². The first-order valence-electron chi connectivity index (χ1n) is 6.41. The van der Waals surface area contributed by atoms with Crippen molar-refractivity contribution in [3.05, 3.63) is 17.7 Å². The molecular formula is C12H21N3O2S. The summed E-state index contributed by atoms with van der Waals surface area (Å²) >= 11 is 0. The van der Waals surface area contributed by atoms with E-state index in [4.69, 9.17) is 0 Å². The third kappa shape index (κ3) is 2.59. The largest absolute Gasteiger partial charge is 0.337 e. The number of imidazole rings is 1. The van der Waals surface area contributed by atoms with E-state index in [0.29, 0.717) is 13.1 Å². The summed E-state index contributed by atoms with van der Waals surface area (Å²) in [6.45, 7) is 4.88. The number of sulfonamides is 1. The molecule has 6 heteroatoms. The Bertz CT molecular complexity index is 521. The summed E-state index contributed by atoms with van der Waals surface area (Å²) in [4.78, 5) is 4.52. The van der Waals surface area contributed by atoms with E-state index in [1.54, 1.807) is 11.2 Å². The van der Waals surface area contributed by atoms with E-state index in [2.05, 4.69) is 4.98 Å². The van der Waals surface area contributed by atoms with E-state index in [9.17, 15) is 8.42 Å². The molecule has 0 aliphatic carbocycles. The van der Waals surface area contributed by atoms with Gasteiger partial charge in [0, 0.05) is 32.3 Å². The van der Waals surface area contributed by atoms with Gasteiger partial charge in [0.1, 0.15) is 5.82 Å². The number of hydrogen-bond acceptors (Lipinski definition) is 3. The van der Waals surface area contributed by atoms with Crippen molar-refractivity contribution in [2.75, 3.05) is 18.8 Å². The van der Waals surface area contributed by atoms with Gasteiger partial charge in [-0.05, 0) is 26.7 Å². The fraction of sp³-hybridized carbons (Fsp3) is 0.750. The van der Waals surface area contributed by atoms with Gasteiger partial charge in [-0.3, -0.25) is 0 Å². The molecular weight excluding hydrogens is 250 g/mol. The van der Waals surface area contributed by atoms with Crippen molar-refractivity contribution in [2.24, 2.45) is 7.05 Å².